The van der Waals surface area contributed by atoms with Crippen molar-refractivity contribution < 1.29 is 18.4 Å². The summed E-state index contributed by atoms with van der Waals surface area (Å²) in [5.41, 5.74) is 1.35. The van der Waals surface area contributed by atoms with Crippen LogP contribution in [0.5, 0.6) is 5.75 Å². The second kappa shape index (κ2) is 8.62. The molecule has 1 unspecified atom stereocenters. The third kappa shape index (κ3) is 3.93. The summed E-state index contributed by atoms with van der Waals surface area (Å²) in [6, 6.07) is 17.6. The van der Waals surface area contributed by atoms with E-state index in [1.54, 1.807) is 41.5 Å². The number of carbonyl (C=O) groups excluding carboxylic acids is 1. The predicted octanol–water partition coefficient (Wildman–Crippen LogP) is 5.56. The van der Waals surface area contributed by atoms with Crippen LogP contribution in [0.15, 0.2) is 80.6 Å². The average Bonchev–Trinajstić information content (AvgIpc) is 3.41. The molecular formula is C27H25NO5. The number of fused-ring (bicyclic) bond motifs is 2. The molecule has 1 aliphatic heterocycles. The maximum atomic E-state index is 13.5. The van der Waals surface area contributed by atoms with Crippen LogP contribution in [0.4, 0.5) is 0 Å². The molecule has 1 atom stereocenters. The zero-order chi connectivity index (χ0) is 22.9. The Hall–Kier alpha value is -3.80. The van der Waals surface area contributed by atoms with Crippen LogP contribution >= 0.6 is 0 Å². The number of hydrogen-bond acceptors (Lipinski definition) is 5. The van der Waals surface area contributed by atoms with E-state index in [4.69, 9.17) is 13.6 Å². The molecule has 0 bridgehead atoms. The Kier molecular flexibility index (Phi) is 5.50. The standard InChI is InChI=1S/C27H25NO5/c1-17(2)12-14-32-19-8-5-7-18(15-19)24-23-25(29)21-10-3-4-11-22(21)33-26(23)27(30)28(24)16-20-9-6-13-31-20/h3-11,13,15,17,24H,12,14,16H2,1-2H3. The van der Waals surface area contributed by atoms with Gasteiger partial charge in [0.15, 0.2) is 5.43 Å². The fourth-order valence-electron chi connectivity index (χ4n) is 4.23. The summed E-state index contributed by atoms with van der Waals surface area (Å²) in [5.74, 6) is 1.62. The van der Waals surface area contributed by atoms with Crippen molar-refractivity contribution in [1.29, 1.82) is 0 Å². The van der Waals surface area contributed by atoms with Crippen LogP contribution in [0, 0.1) is 5.92 Å². The Morgan fingerprint density at radius 2 is 1.88 bits per heavy atom. The van der Waals surface area contributed by atoms with Crippen molar-refractivity contribution in [2.75, 3.05) is 6.61 Å². The van der Waals surface area contributed by atoms with Gasteiger partial charge in [0.1, 0.15) is 17.1 Å². The van der Waals surface area contributed by atoms with E-state index in [1.165, 1.54) is 0 Å². The minimum atomic E-state index is -0.605. The molecule has 0 radical (unpaired) electrons. The molecule has 0 saturated carbocycles. The van der Waals surface area contributed by atoms with Gasteiger partial charge in [-0.15, -0.1) is 0 Å². The summed E-state index contributed by atoms with van der Waals surface area (Å²) in [6.07, 6.45) is 2.51. The Labute approximate surface area is 191 Å². The second-order valence-corrected chi connectivity index (χ2v) is 8.69. The number of amides is 1. The van der Waals surface area contributed by atoms with Crippen LogP contribution in [0.1, 0.15) is 53.8 Å². The zero-order valence-corrected chi connectivity index (χ0v) is 18.6. The van der Waals surface area contributed by atoms with Crippen molar-refractivity contribution in [3.63, 3.8) is 0 Å². The number of rotatable bonds is 7. The largest absolute Gasteiger partial charge is 0.494 e. The molecule has 2 aromatic heterocycles. The first-order valence-corrected chi connectivity index (χ1v) is 11.1. The van der Waals surface area contributed by atoms with E-state index < -0.39 is 6.04 Å². The number of para-hydroxylation sites is 1. The van der Waals surface area contributed by atoms with Gasteiger partial charge in [-0.3, -0.25) is 9.59 Å². The number of nitrogens with zero attached hydrogens (tertiary/aromatic N) is 1. The van der Waals surface area contributed by atoms with Gasteiger partial charge >= 0.3 is 0 Å². The van der Waals surface area contributed by atoms with Crippen molar-refractivity contribution in [1.82, 2.24) is 4.90 Å². The molecule has 0 spiro atoms. The highest BCUT2D eigenvalue weighted by Gasteiger charge is 2.43. The molecular weight excluding hydrogens is 418 g/mol. The lowest BCUT2D eigenvalue weighted by molar-refractivity contribution is 0.0701. The lowest BCUT2D eigenvalue weighted by Gasteiger charge is -2.24. The van der Waals surface area contributed by atoms with Crippen molar-refractivity contribution >= 4 is 16.9 Å². The van der Waals surface area contributed by atoms with E-state index in [0.29, 0.717) is 40.6 Å². The minimum absolute atomic E-state index is 0.0846. The summed E-state index contributed by atoms with van der Waals surface area (Å²) in [4.78, 5) is 28.6. The van der Waals surface area contributed by atoms with E-state index >= 15 is 0 Å². The number of ether oxygens (including phenoxy) is 1. The van der Waals surface area contributed by atoms with Crippen LogP contribution in [-0.2, 0) is 6.54 Å². The molecule has 0 aliphatic carbocycles. The van der Waals surface area contributed by atoms with E-state index in [9.17, 15) is 9.59 Å². The van der Waals surface area contributed by atoms with Crippen LogP contribution in [0.25, 0.3) is 11.0 Å². The second-order valence-electron chi connectivity index (χ2n) is 8.69. The lowest BCUT2D eigenvalue weighted by atomic mass is 9.98. The fourth-order valence-corrected chi connectivity index (χ4v) is 4.23. The van der Waals surface area contributed by atoms with E-state index in [-0.39, 0.29) is 23.6 Å². The lowest BCUT2D eigenvalue weighted by Crippen LogP contribution is -2.29. The summed E-state index contributed by atoms with van der Waals surface area (Å²) in [6.45, 7) is 5.12. The Morgan fingerprint density at radius 3 is 2.67 bits per heavy atom. The summed E-state index contributed by atoms with van der Waals surface area (Å²) in [7, 11) is 0. The number of carbonyl (C=O) groups is 1. The molecule has 1 amide bonds. The molecule has 33 heavy (non-hydrogen) atoms. The van der Waals surface area contributed by atoms with Crippen LogP contribution in [-0.4, -0.2) is 17.4 Å². The topological polar surface area (TPSA) is 72.9 Å². The molecule has 5 rings (SSSR count). The van der Waals surface area contributed by atoms with Gasteiger partial charge in [0.05, 0.1) is 36.4 Å². The zero-order valence-electron chi connectivity index (χ0n) is 18.6. The normalized spacial score (nSPS) is 15.4. The first-order valence-electron chi connectivity index (χ1n) is 11.1. The van der Waals surface area contributed by atoms with Crippen LogP contribution in [0.2, 0.25) is 0 Å². The Morgan fingerprint density at radius 1 is 1.03 bits per heavy atom. The van der Waals surface area contributed by atoms with Gasteiger partial charge < -0.3 is 18.5 Å². The van der Waals surface area contributed by atoms with E-state index in [1.807, 2.05) is 30.3 Å². The van der Waals surface area contributed by atoms with Crippen LogP contribution in [0.3, 0.4) is 0 Å². The minimum Gasteiger partial charge on any atom is -0.494 e. The Balaban J connectivity index is 1.61. The maximum Gasteiger partial charge on any atom is 0.291 e. The van der Waals surface area contributed by atoms with Crippen LogP contribution < -0.4 is 10.2 Å². The SMILES string of the molecule is CC(C)CCOc1cccc(C2c3c(oc4ccccc4c3=O)C(=O)N2Cc2ccco2)c1. The van der Waals surface area contributed by atoms with E-state index in [0.717, 1.165) is 12.0 Å². The third-order valence-electron chi connectivity index (χ3n) is 5.92. The summed E-state index contributed by atoms with van der Waals surface area (Å²) in [5, 5.41) is 0.457. The van der Waals surface area contributed by atoms with Crippen molar-refractivity contribution in [2.45, 2.75) is 32.9 Å². The van der Waals surface area contributed by atoms with Gasteiger partial charge in [-0.25, -0.2) is 0 Å². The molecule has 6 heteroatoms. The molecule has 0 fully saturated rings. The van der Waals surface area contributed by atoms with Gasteiger partial charge in [-0.2, -0.15) is 0 Å². The molecule has 1 aliphatic rings. The Bertz CT molecular complexity index is 1350. The van der Waals surface area contributed by atoms with Crippen molar-refractivity contribution in [3.05, 3.63) is 99.8 Å². The highest BCUT2D eigenvalue weighted by atomic mass is 16.5. The number of furan rings is 1. The monoisotopic (exact) mass is 443 g/mol. The molecule has 6 nitrogen and oxygen atoms in total. The summed E-state index contributed by atoms with van der Waals surface area (Å²) >= 11 is 0. The van der Waals surface area contributed by atoms with Gasteiger partial charge in [0.2, 0.25) is 5.76 Å². The van der Waals surface area contributed by atoms with Gasteiger partial charge in [-0.05, 0) is 54.3 Å². The van der Waals surface area contributed by atoms with E-state index in [2.05, 4.69) is 13.8 Å². The molecule has 4 aromatic rings. The number of hydrogen-bond donors (Lipinski definition) is 0. The highest BCUT2D eigenvalue weighted by Crippen LogP contribution is 2.40. The van der Waals surface area contributed by atoms with Crippen molar-refractivity contribution in [2.24, 2.45) is 5.92 Å². The van der Waals surface area contributed by atoms with Gasteiger partial charge in [0, 0.05) is 0 Å². The average molecular weight is 443 g/mol. The molecule has 3 heterocycles. The first-order chi connectivity index (χ1) is 16.0. The molecule has 2 aromatic carbocycles. The summed E-state index contributed by atoms with van der Waals surface area (Å²) < 4.78 is 17.4. The molecule has 0 N–H and O–H groups in total. The van der Waals surface area contributed by atoms with Gasteiger partial charge in [-0.1, -0.05) is 38.1 Å². The van der Waals surface area contributed by atoms with Gasteiger partial charge in [0.25, 0.3) is 5.91 Å². The fraction of sp³-hybridized carbons (Fsp3) is 0.259. The predicted molar refractivity (Wildman–Crippen MR) is 124 cm³/mol. The first kappa shape index (κ1) is 21.1. The quantitative estimate of drug-likeness (QED) is 0.374. The third-order valence-corrected chi connectivity index (χ3v) is 5.92. The number of benzene rings is 2. The maximum absolute atomic E-state index is 13.5. The van der Waals surface area contributed by atoms with Crippen molar-refractivity contribution in [3.8, 4) is 5.75 Å². The highest BCUT2D eigenvalue weighted by molar-refractivity contribution is 5.99. The molecule has 0 saturated heterocycles. The molecule has 168 valence electrons. The smallest absolute Gasteiger partial charge is 0.291 e.